The molecule has 1 aliphatic heterocycles. The number of carbonyl (C=O) groups is 1. The van der Waals surface area contributed by atoms with Crippen LogP contribution in [0.15, 0.2) is 42.9 Å². The van der Waals surface area contributed by atoms with Gasteiger partial charge in [0.25, 0.3) is 5.91 Å². The summed E-state index contributed by atoms with van der Waals surface area (Å²) in [5.41, 5.74) is 2.33. The number of hydrogen-bond donors (Lipinski definition) is 1. The topological polar surface area (TPSA) is 74.2 Å². The van der Waals surface area contributed by atoms with Crippen LogP contribution in [0.5, 0.6) is 0 Å². The highest BCUT2D eigenvalue weighted by molar-refractivity contribution is 6.30. The number of hydrogen-bond acceptors (Lipinski definition) is 6. The van der Waals surface area contributed by atoms with Crippen molar-refractivity contribution in [2.75, 3.05) is 38.5 Å². The molecule has 0 spiro atoms. The molecule has 7 nitrogen and oxygen atoms in total. The van der Waals surface area contributed by atoms with Crippen LogP contribution in [0.4, 0.5) is 15.9 Å². The quantitative estimate of drug-likeness (QED) is 0.530. The molecule has 2 aromatic heterocycles. The summed E-state index contributed by atoms with van der Waals surface area (Å²) in [6.45, 7) is 3.01. The van der Waals surface area contributed by atoms with Crippen LogP contribution in [-0.4, -0.2) is 63.9 Å². The minimum atomic E-state index is -0.441. The third-order valence-corrected chi connectivity index (χ3v) is 7.11. The van der Waals surface area contributed by atoms with E-state index in [1.165, 1.54) is 18.2 Å². The third kappa shape index (κ3) is 5.13. The molecule has 2 aliphatic rings. The number of pyridine rings is 1. The molecule has 0 atom stereocenters. The van der Waals surface area contributed by atoms with Crippen LogP contribution in [-0.2, 0) is 0 Å². The van der Waals surface area contributed by atoms with Gasteiger partial charge in [0.2, 0.25) is 0 Å². The Kier molecular flexibility index (Phi) is 6.92. The van der Waals surface area contributed by atoms with Crippen molar-refractivity contribution in [2.24, 2.45) is 0 Å². The molecule has 1 amide bonds. The van der Waals surface area contributed by atoms with Crippen LogP contribution >= 0.6 is 11.6 Å². The highest BCUT2D eigenvalue weighted by Gasteiger charge is 2.26. The first-order valence-corrected chi connectivity index (χ1v) is 12.4. The predicted octanol–water partition coefficient (Wildman–Crippen LogP) is 5.12. The van der Waals surface area contributed by atoms with Crippen LogP contribution in [0.1, 0.15) is 47.5 Å². The molecule has 2 fully saturated rings. The standard InChI is InChI=1S/C26H28ClFN6O/c1-33-10-12-34(13-11-33)26(35)21-15-29-9-8-23(21)31-25-20(17-4-2-3-5-17)16-30-24(32-25)19-14-18(27)6-7-22(19)28/h6-9,14-17H,2-5,10-13H2,1H3,(H,29,30,31,32). The Bertz CT molecular complexity index is 1220. The predicted molar refractivity (Wildman–Crippen MR) is 135 cm³/mol. The van der Waals surface area contributed by atoms with Crippen LogP contribution in [0.2, 0.25) is 5.02 Å². The van der Waals surface area contributed by atoms with Crippen molar-refractivity contribution in [1.29, 1.82) is 0 Å². The number of aromatic nitrogens is 3. The molecule has 9 heteroatoms. The number of likely N-dealkylation sites (N-methyl/N-ethyl adjacent to an activating group) is 1. The lowest BCUT2D eigenvalue weighted by atomic mass is 9.99. The molecular weight excluding hydrogens is 467 g/mol. The normalized spacial score (nSPS) is 17.1. The summed E-state index contributed by atoms with van der Waals surface area (Å²) in [5.74, 6) is 0.639. The highest BCUT2D eigenvalue weighted by atomic mass is 35.5. The van der Waals surface area contributed by atoms with Crippen molar-refractivity contribution in [3.8, 4) is 11.4 Å². The fraction of sp³-hybridized carbons (Fsp3) is 0.385. The summed E-state index contributed by atoms with van der Waals surface area (Å²) < 4.78 is 14.6. The zero-order valence-electron chi connectivity index (χ0n) is 19.7. The average Bonchev–Trinajstić information content (AvgIpc) is 3.41. The summed E-state index contributed by atoms with van der Waals surface area (Å²) >= 11 is 6.12. The number of rotatable bonds is 5. The maximum atomic E-state index is 14.6. The summed E-state index contributed by atoms with van der Waals surface area (Å²) in [5, 5.41) is 3.80. The molecule has 1 aromatic carbocycles. The van der Waals surface area contributed by atoms with Crippen molar-refractivity contribution in [1.82, 2.24) is 24.8 Å². The molecular formula is C26H28ClFN6O. The molecule has 1 saturated carbocycles. The van der Waals surface area contributed by atoms with Gasteiger partial charge in [0.1, 0.15) is 11.6 Å². The monoisotopic (exact) mass is 494 g/mol. The van der Waals surface area contributed by atoms with Crippen molar-refractivity contribution >= 4 is 29.0 Å². The largest absolute Gasteiger partial charge is 0.339 e. The third-order valence-electron chi connectivity index (χ3n) is 6.88. The van der Waals surface area contributed by atoms with E-state index in [0.717, 1.165) is 44.3 Å². The molecule has 35 heavy (non-hydrogen) atoms. The number of piperazine rings is 1. The molecule has 5 rings (SSSR count). The lowest BCUT2D eigenvalue weighted by molar-refractivity contribution is 0.0664. The molecule has 3 heterocycles. The number of halogens is 2. The van der Waals surface area contributed by atoms with E-state index in [1.807, 2.05) is 4.90 Å². The molecule has 182 valence electrons. The van der Waals surface area contributed by atoms with Gasteiger partial charge in [-0.1, -0.05) is 24.4 Å². The van der Waals surface area contributed by atoms with Crippen LogP contribution in [0.3, 0.4) is 0 Å². The fourth-order valence-corrected chi connectivity index (χ4v) is 4.98. The van der Waals surface area contributed by atoms with Crippen molar-refractivity contribution in [3.05, 3.63) is 64.8 Å². The van der Waals surface area contributed by atoms with E-state index >= 15 is 0 Å². The van der Waals surface area contributed by atoms with E-state index in [0.29, 0.717) is 41.1 Å². The van der Waals surface area contributed by atoms with Gasteiger partial charge in [-0.05, 0) is 50.1 Å². The average molecular weight is 495 g/mol. The van der Waals surface area contributed by atoms with Gasteiger partial charge in [0.15, 0.2) is 5.82 Å². The van der Waals surface area contributed by atoms with Gasteiger partial charge in [-0.2, -0.15) is 0 Å². The maximum absolute atomic E-state index is 14.6. The molecule has 0 radical (unpaired) electrons. The van der Waals surface area contributed by atoms with Crippen LogP contribution < -0.4 is 5.32 Å². The van der Waals surface area contributed by atoms with Gasteiger partial charge in [-0.15, -0.1) is 0 Å². The minimum absolute atomic E-state index is 0.0636. The summed E-state index contributed by atoms with van der Waals surface area (Å²) in [4.78, 5) is 30.9. The van der Waals surface area contributed by atoms with Gasteiger partial charge in [-0.3, -0.25) is 9.78 Å². The molecule has 1 aliphatic carbocycles. The van der Waals surface area contributed by atoms with Crippen LogP contribution in [0.25, 0.3) is 11.4 Å². The number of nitrogens with zero attached hydrogens (tertiary/aromatic N) is 5. The second kappa shape index (κ2) is 10.3. The summed E-state index contributed by atoms with van der Waals surface area (Å²) in [6.07, 6.45) is 9.42. The zero-order valence-corrected chi connectivity index (χ0v) is 20.4. The van der Waals surface area contributed by atoms with E-state index in [-0.39, 0.29) is 17.3 Å². The smallest absolute Gasteiger partial charge is 0.257 e. The Hall–Kier alpha value is -3.10. The molecule has 3 aromatic rings. The van der Waals surface area contributed by atoms with E-state index < -0.39 is 5.82 Å². The van der Waals surface area contributed by atoms with E-state index in [2.05, 4.69) is 27.2 Å². The van der Waals surface area contributed by atoms with Gasteiger partial charge >= 0.3 is 0 Å². The minimum Gasteiger partial charge on any atom is -0.339 e. The molecule has 0 bridgehead atoms. The number of nitrogens with one attached hydrogen (secondary N) is 1. The van der Waals surface area contributed by atoms with Gasteiger partial charge in [-0.25, -0.2) is 14.4 Å². The first-order valence-electron chi connectivity index (χ1n) is 12.0. The Labute approximate surface area is 209 Å². The van der Waals surface area contributed by atoms with Gasteiger partial charge in [0, 0.05) is 55.4 Å². The number of amides is 1. The number of anilines is 2. The van der Waals surface area contributed by atoms with E-state index in [1.54, 1.807) is 24.7 Å². The number of carbonyl (C=O) groups excluding carboxylic acids is 1. The number of benzene rings is 1. The fourth-order valence-electron chi connectivity index (χ4n) is 4.81. The zero-order chi connectivity index (χ0) is 24.4. The second-order valence-electron chi connectivity index (χ2n) is 9.24. The lowest BCUT2D eigenvalue weighted by Crippen LogP contribution is -2.47. The second-order valence-corrected chi connectivity index (χ2v) is 9.68. The first-order chi connectivity index (χ1) is 17.0. The SMILES string of the molecule is CN1CCN(C(=O)c2cnccc2Nc2nc(-c3cc(Cl)ccc3F)ncc2C2CCCC2)CC1. The van der Waals surface area contributed by atoms with E-state index in [4.69, 9.17) is 16.6 Å². The van der Waals surface area contributed by atoms with Gasteiger partial charge < -0.3 is 15.1 Å². The Balaban J connectivity index is 1.52. The molecule has 1 N–H and O–H groups in total. The Morgan fingerprint density at radius 2 is 1.89 bits per heavy atom. The van der Waals surface area contributed by atoms with Crippen LogP contribution in [0, 0.1) is 5.82 Å². The maximum Gasteiger partial charge on any atom is 0.257 e. The summed E-state index contributed by atoms with van der Waals surface area (Å²) in [7, 11) is 2.05. The van der Waals surface area contributed by atoms with E-state index in [9.17, 15) is 9.18 Å². The van der Waals surface area contributed by atoms with Crippen molar-refractivity contribution in [3.63, 3.8) is 0 Å². The highest BCUT2D eigenvalue weighted by Crippen LogP contribution is 2.39. The Morgan fingerprint density at radius 3 is 2.66 bits per heavy atom. The summed E-state index contributed by atoms with van der Waals surface area (Å²) in [6, 6.07) is 6.12. The Morgan fingerprint density at radius 1 is 1.11 bits per heavy atom. The first kappa shape index (κ1) is 23.6. The van der Waals surface area contributed by atoms with Gasteiger partial charge in [0.05, 0.1) is 16.8 Å². The molecule has 0 unspecified atom stereocenters. The van der Waals surface area contributed by atoms with Crippen molar-refractivity contribution in [2.45, 2.75) is 31.6 Å². The lowest BCUT2D eigenvalue weighted by Gasteiger charge is -2.32. The van der Waals surface area contributed by atoms with Crippen molar-refractivity contribution < 1.29 is 9.18 Å². The molecule has 1 saturated heterocycles.